The van der Waals surface area contributed by atoms with Gasteiger partial charge in [0.25, 0.3) is 0 Å². The monoisotopic (exact) mass is 440 g/mol. The molecule has 0 N–H and O–H groups in total. The summed E-state index contributed by atoms with van der Waals surface area (Å²) in [4.78, 5) is 18.9. The van der Waals surface area contributed by atoms with Crippen LogP contribution in [0.1, 0.15) is 24.0 Å². The highest BCUT2D eigenvalue weighted by molar-refractivity contribution is 5.97. The van der Waals surface area contributed by atoms with E-state index in [0.29, 0.717) is 5.78 Å². The third-order valence-electron chi connectivity index (χ3n) is 7.47. The van der Waals surface area contributed by atoms with Crippen LogP contribution >= 0.6 is 0 Å². The molecule has 0 spiro atoms. The standard InChI is InChI=1S/C29H32N2O2/c1-33-27-15-9-8-14-26(27)31-20-18-30(19-21-31)22-23-16-17-29(28(23)32,24-10-4-2-5-11-24)25-12-6-3-7-13-25/h2-15,23H,16-22H2,1H3. The molecule has 1 aliphatic heterocycles. The molecule has 4 nitrogen and oxygen atoms in total. The first kappa shape index (κ1) is 21.7. The Kier molecular flexibility index (Phi) is 6.19. The van der Waals surface area contributed by atoms with Gasteiger partial charge in [-0.05, 0) is 36.1 Å². The second-order valence-corrected chi connectivity index (χ2v) is 9.20. The molecule has 0 bridgehead atoms. The molecule has 0 radical (unpaired) electrons. The molecule has 5 rings (SSSR count). The Labute approximate surface area is 196 Å². The Balaban J connectivity index is 1.31. The van der Waals surface area contributed by atoms with Crippen molar-refractivity contribution in [1.29, 1.82) is 0 Å². The number of para-hydroxylation sites is 2. The lowest BCUT2D eigenvalue weighted by Gasteiger charge is -2.37. The van der Waals surface area contributed by atoms with Crippen LogP contribution in [0.3, 0.4) is 0 Å². The molecular formula is C29H32N2O2. The Bertz CT molecular complexity index is 1040. The quantitative estimate of drug-likeness (QED) is 0.552. The fourth-order valence-electron chi connectivity index (χ4n) is 5.73. The highest BCUT2D eigenvalue weighted by Gasteiger charge is 2.50. The van der Waals surface area contributed by atoms with Crippen LogP contribution in [0.2, 0.25) is 0 Å². The van der Waals surface area contributed by atoms with Crippen molar-refractivity contribution in [2.24, 2.45) is 5.92 Å². The Hall–Kier alpha value is -3.11. The Morgan fingerprint density at radius 2 is 1.39 bits per heavy atom. The number of Topliss-reactive ketones (excluding diaryl/α,β-unsaturated/α-hetero) is 1. The smallest absolute Gasteiger partial charge is 0.152 e. The van der Waals surface area contributed by atoms with Crippen molar-refractivity contribution in [3.05, 3.63) is 96.1 Å². The summed E-state index contributed by atoms with van der Waals surface area (Å²) in [6.45, 7) is 4.67. The van der Waals surface area contributed by atoms with Gasteiger partial charge in [-0.3, -0.25) is 9.69 Å². The number of hydrogen-bond acceptors (Lipinski definition) is 4. The van der Waals surface area contributed by atoms with Crippen molar-refractivity contribution < 1.29 is 9.53 Å². The zero-order valence-electron chi connectivity index (χ0n) is 19.3. The maximum absolute atomic E-state index is 14.0. The average Bonchev–Trinajstić information content (AvgIpc) is 3.22. The van der Waals surface area contributed by atoms with Crippen molar-refractivity contribution in [3.63, 3.8) is 0 Å². The van der Waals surface area contributed by atoms with Gasteiger partial charge in [0, 0.05) is 38.6 Å². The molecule has 3 aromatic rings. The molecule has 1 aliphatic carbocycles. The highest BCUT2D eigenvalue weighted by atomic mass is 16.5. The minimum Gasteiger partial charge on any atom is -0.495 e. The van der Waals surface area contributed by atoms with Gasteiger partial charge in [0.1, 0.15) is 5.75 Å². The van der Waals surface area contributed by atoms with Gasteiger partial charge in [-0.2, -0.15) is 0 Å². The molecule has 170 valence electrons. The molecule has 2 fully saturated rings. The van der Waals surface area contributed by atoms with Gasteiger partial charge >= 0.3 is 0 Å². The predicted octanol–water partition coefficient (Wildman–Crippen LogP) is 4.78. The molecule has 0 amide bonds. The van der Waals surface area contributed by atoms with E-state index >= 15 is 0 Å². The molecular weight excluding hydrogens is 408 g/mol. The summed E-state index contributed by atoms with van der Waals surface area (Å²) in [5, 5.41) is 0. The van der Waals surface area contributed by atoms with Gasteiger partial charge < -0.3 is 9.64 Å². The normalized spacial score (nSPS) is 20.7. The topological polar surface area (TPSA) is 32.8 Å². The molecule has 2 aliphatic rings. The van der Waals surface area contributed by atoms with Gasteiger partial charge in [0.05, 0.1) is 18.2 Å². The zero-order chi connectivity index (χ0) is 22.7. The summed E-state index contributed by atoms with van der Waals surface area (Å²) in [6.07, 6.45) is 1.82. The van der Waals surface area contributed by atoms with Gasteiger partial charge in [0.15, 0.2) is 5.78 Å². The molecule has 0 aromatic heterocycles. The molecule has 33 heavy (non-hydrogen) atoms. The van der Waals surface area contributed by atoms with Crippen molar-refractivity contribution in [2.45, 2.75) is 18.3 Å². The fraction of sp³-hybridized carbons (Fsp3) is 0.345. The number of ether oxygens (including phenoxy) is 1. The number of benzene rings is 3. The van der Waals surface area contributed by atoms with Crippen LogP contribution in [0.15, 0.2) is 84.9 Å². The summed E-state index contributed by atoms with van der Waals surface area (Å²) in [5.41, 5.74) is 2.89. The Morgan fingerprint density at radius 3 is 2.00 bits per heavy atom. The first-order valence-electron chi connectivity index (χ1n) is 12.0. The molecule has 1 saturated heterocycles. The fourth-order valence-corrected chi connectivity index (χ4v) is 5.73. The predicted molar refractivity (Wildman–Crippen MR) is 133 cm³/mol. The SMILES string of the molecule is COc1ccccc1N1CCN(CC2CCC(c3ccccc3)(c3ccccc3)C2=O)CC1. The number of rotatable bonds is 6. The van der Waals surface area contributed by atoms with E-state index in [4.69, 9.17) is 4.74 Å². The van der Waals surface area contributed by atoms with Crippen LogP contribution in [0, 0.1) is 5.92 Å². The van der Waals surface area contributed by atoms with Crippen molar-refractivity contribution in [1.82, 2.24) is 4.90 Å². The first-order chi connectivity index (χ1) is 16.2. The summed E-state index contributed by atoms with van der Waals surface area (Å²) < 4.78 is 5.55. The minimum absolute atomic E-state index is 0.0724. The first-order valence-corrected chi connectivity index (χ1v) is 12.0. The van der Waals surface area contributed by atoms with Crippen LogP contribution in [-0.4, -0.2) is 50.5 Å². The van der Waals surface area contributed by atoms with Crippen LogP contribution in [-0.2, 0) is 10.2 Å². The van der Waals surface area contributed by atoms with E-state index in [9.17, 15) is 4.79 Å². The summed E-state index contributed by atoms with van der Waals surface area (Å²) in [5.74, 6) is 1.38. The van der Waals surface area contributed by atoms with E-state index in [1.165, 1.54) is 0 Å². The van der Waals surface area contributed by atoms with E-state index in [-0.39, 0.29) is 5.92 Å². The maximum Gasteiger partial charge on any atom is 0.152 e. The largest absolute Gasteiger partial charge is 0.495 e. The van der Waals surface area contributed by atoms with Gasteiger partial charge in [-0.15, -0.1) is 0 Å². The van der Waals surface area contributed by atoms with Gasteiger partial charge in [-0.25, -0.2) is 0 Å². The molecule has 4 heteroatoms. The molecule has 1 unspecified atom stereocenters. The summed E-state index contributed by atoms with van der Waals surface area (Å²) in [6, 6.07) is 29.0. The molecule has 3 aromatic carbocycles. The van der Waals surface area contributed by atoms with Crippen LogP contribution in [0.25, 0.3) is 0 Å². The summed E-state index contributed by atoms with van der Waals surface area (Å²) in [7, 11) is 1.73. The number of carbonyl (C=O) groups is 1. The molecule has 1 saturated carbocycles. The second-order valence-electron chi connectivity index (χ2n) is 9.20. The molecule has 1 atom stereocenters. The van der Waals surface area contributed by atoms with E-state index in [1.54, 1.807) is 7.11 Å². The van der Waals surface area contributed by atoms with E-state index < -0.39 is 5.41 Å². The number of piperazine rings is 1. The van der Waals surface area contributed by atoms with Crippen molar-refractivity contribution in [3.8, 4) is 5.75 Å². The van der Waals surface area contributed by atoms with Crippen LogP contribution in [0.5, 0.6) is 5.75 Å². The van der Waals surface area contributed by atoms with Crippen LogP contribution < -0.4 is 9.64 Å². The lowest BCUT2D eigenvalue weighted by molar-refractivity contribution is -0.124. The number of anilines is 1. The number of carbonyl (C=O) groups excluding carboxylic acids is 1. The van der Waals surface area contributed by atoms with Crippen molar-refractivity contribution >= 4 is 11.5 Å². The van der Waals surface area contributed by atoms with Gasteiger partial charge in [-0.1, -0.05) is 72.8 Å². The molecule has 1 heterocycles. The number of methoxy groups -OCH3 is 1. The number of nitrogens with zero attached hydrogens (tertiary/aromatic N) is 2. The number of hydrogen-bond donors (Lipinski definition) is 0. The lowest BCUT2D eigenvalue weighted by atomic mass is 9.72. The third-order valence-corrected chi connectivity index (χ3v) is 7.47. The van der Waals surface area contributed by atoms with Crippen molar-refractivity contribution in [2.75, 3.05) is 44.7 Å². The van der Waals surface area contributed by atoms with E-state index in [2.05, 4.69) is 70.5 Å². The second kappa shape index (κ2) is 9.40. The summed E-state index contributed by atoms with van der Waals surface area (Å²) >= 11 is 0. The van der Waals surface area contributed by atoms with E-state index in [1.807, 2.05) is 24.3 Å². The zero-order valence-corrected chi connectivity index (χ0v) is 19.3. The van der Waals surface area contributed by atoms with E-state index in [0.717, 1.165) is 68.1 Å². The lowest BCUT2D eigenvalue weighted by Crippen LogP contribution is -2.49. The maximum atomic E-state index is 14.0. The average molecular weight is 441 g/mol. The number of ketones is 1. The van der Waals surface area contributed by atoms with Crippen LogP contribution in [0.4, 0.5) is 5.69 Å². The third kappa shape index (κ3) is 4.04. The Morgan fingerprint density at radius 1 is 0.818 bits per heavy atom. The highest BCUT2D eigenvalue weighted by Crippen LogP contribution is 2.46. The van der Waals surface area contributed by atoms with Gasteiger partial charge in [0.2, 0.25) is 0 Å². The minimum atomic E-state index is -0.521.